The molecule has 0 radical (unpaired) electrons. The highest BCUT2D eigenvalue weighted by molar-refractivity contribution is 5.88. The Hall–Kier alpha value is -2.61. The molecule has 0 saturated heterocycles. The average Bonchev–Trinajstić information content (AvgIpc) is 2.66. The van der Waals surface area contributed by atoms with Gasteiger partial charge in [0.25, 0.3) is 5.69 Å². The van der Waals surface area contributed by atoms with Crippen LogP contribution in [-0.2, 0) is 6.42 Å². The van der Waals surface area contributed by atoms with Gasteiger partial charge in [0, 0.05) is 41.6 Å². The lowest BCUT2D eigenvalue weighted by molar-refractivity contribution is -0.384. The largest absolute Gasteiger partial charge is 0.512 e. The summed E-state index contributed by atoms with van der Waals surface area (Å²) in [6.07, 6.45) is -1.37. The van der Waals surface area contributed by atoms with Crippen molar-refractivity contribution in [1.82, 2.24) is 4.98 Å². The number of H-pyrrole nitrogens is 1. The van der Waals surface area contributed by atoms with E-state index in [0.717, 1.165) is 0 Å². The number of nitro groups is 1. The first-order chi connectivity index (χ1) is 9.02. The average molecular weight is 266 g/mol. The number of carbonyl (C=O) groups is 1. The fourth-order valence-corrected chi connectivity index (χ4v) is 1.86. The van der Waals surface area contributed by atoms with E-state index in [0.29, 0.717) is 16.5 Å². The minimum atomic E-state index is -1.50. The van der Waals surface area contributed by atoms with E-state index in [9.17, 15) is 14.9 Å². The minimum Gasteiger partial charge on any atom is -0.449 e. The smallest absolute Gasteiger partial charge is 0.449 e. The summed E-state index contributed by atoms with van der Waals surface area (Å²) in [5, 5.41) is 28.8. The molecule has 100 valence electrons. The number of aromatic nitrogens is 1. The number of carboxylic acid groups (broad SMARTS) is 1. The van der Waals surface area contributed by atoms with Crippen LogP contribution in [0.4, 0.5) is 10.5 Å². The van der Waals surface area contributed by atoms with E-state index < -0.39 is 11.1 Å². The third-order valence-corrected chi connectivity index (χ3v) is 2.61. The van der Waals surface area contributed by atoms with Crippen molar-refractivity contribution in [2.75, 3.05) is 6.61 Å². The van der Waals surface area contributed by atoms with Crippen molar-refractivity contribution in [2.45, 2.75) is 6.42 Å². The zero-order valence-corrected chi connectivity index (χ0v) is 9.62. The molecule has 0 aliphatic rings. The number of nitrogens with one attached hydrogen (secondary N) is 1. The molecule has 2 rings (SSSR count). The zero-order valence-electron chi connectivity index (χ0n) is 9.62. The quantitative estimate of drug-likeness (QED) is 0.439. The molecule has 0 aliphatic carbocycles. The van der Waals surface area contributed by atoms with Gasteiger partial charge < -0.3 is 19.9 Å². The fraction of sp³-hybridized carbons (Fsp3) is 0.182. The molecule has 2 aromatic rings. The number of rotatable bonds is 4. The predicted octanol–water partition coefficient (Wildman–Crippen LogP) is 1.67. The third kappa shape index (κ3) is 2.47. The summed E-state index contributed by atoms with van der Waals surface area (Å²) >= 11 is 0. The van der Waals surface area contributed by atoms with Gasteiger partial charge in [0.1, 0.15) is 0 Å². The number of fused-ring (bicyclic) bond motifs is 1. The summed E-state index contributed by atoms with van der Waals surface area (Å²) < 4.78 is 4.56. The molecule has 0 amide bonds. The Kier molecular flexibility index (Phi) is 3.34. The lowest BCUT2D eigenvalue weighted by atomic mass is 10.1. The maximum Gasteiger partial charge on any atom is 0.512 e. The van der Waals surface area contributed by atoms with Crippen LogP contribution in [-0.4, -0.2) is 32.9 Å². The van der Waals surface area contributed by atoms with Crippen LogP contribution in [0.25, 0.3) is 10.9 Å². The van der Waals surface area contributed by atoms with Gasteiger partial charge in [0.2, 0.25) is 5.88 Å². The number of aromatic amines is 1. The second-order valence-electron chi connectivity index (χ2n) is 3.76. The Labute approximate surface area is 106 Å². The lowest BCUT2D eigenvalue weighted by Crippen LogP contribution is -2.05. The van der Waals surface area contributed by atoms with Crippen LogP contribution in [0.2, 0.25) is 0 Å². The normalized spacial score (nSPS) is 10.6. The number of non-ortho nitro benzene ring substituents is 1. The monoisotopic (exact) mass is 266 g/mol. The molecule has 1 aromatic heterocycles. The molecule has 0 aliphatic heterocycles. The SMILES string of the molecule is O=C(O)Oc1[nH]c2ccc([N+](=O)[O-])cc2c1CCO. The summed E-state index contributed by atoms with van der Waals surface area (Å²) in [6, 6.07) is 4.07. The molecule has 8 nitrogen and oxygen atoms in total. The molecule has 0 bridgehead atoms. The van der Waals surface area contributed by atoms with Crippen molar-refractivity contribution in [2.24, 2.45) is 0 Å². The zero-order chi connectivity index (χ0) is 14.0. The van der Waals surface area contributed by atoms with Crippen LogP contribution in [0.5, 0.6) is 5.88 Å². The molecular formula is C11H10N2O6. The van der Waals surface area contributed by atoms with E-state index >= 15 is 0 Å². The van der Waals surface area contributed by atoms with Crippen molar-refractivity contribution in [1.29, 1.82) is 0 Å². The number of nitro benzene ring substituents is 1. The third-order valence-electron chi connectivity index (χ3n) is 2.61. The van der Waals surface area contributed by atoms with E-state index in [4.69, 9.17) is 10.2 Å². The molecule has 0 fully saturated rings. The molecule has 8 heteroatoms. The van der Waals surface area contributed by atoms with Crippen LogP contribution in [0.3, 0.4) is 0 Å². The molecule has 0 spiro atoms. The molecule has 0 unspecified atom stereocenters. The second-order valence-corrected chi connectivity index (χ2v) is 3.76. The minimum absolute atomic E-state index is 0.0305. The Balaban J connectivity index is 2.60. The summed E-state index contributed by atoms with van der Waals surface area (Å²) in [5.41, 5.74) is 0.779. The Morgan fingerprint density at radius 1 is 1.47 bits per heavy atom. The number of benzene rings is 1. The van der Waals surface area contributed by atoms with Gasteiger partial charge in [0.15, 0.2) is 0 Å². The maximum absolute atomic E-state index is 10.7. The van der Waals surface area contributed by atoms with Gasteiger partial charge >= 0.3 is 6.16 Å². The van der Waals surface area contributed by atoms with Crippen molar-refractivity contribution in [3.05, 3.63) is 33.9 Å². The number of ether oxygens (including phenoxy) is 1. The number of hydrogen-bond acceptors (Lipinski definition) is 5. The molecule has 1 heterocycles. The Morgan fingerprint density at radius 3 is 2.79 bits per heavy atom. The standard InChI is InChI=1S/C11H10N2O6/c14-4-3-7-8-5-6(13(17)18)1-2-9(8)12-10(7)19-11(15)16/h1-2,5,12,14H,3-4H2,(H,15,16). The first-order valence-corrected chi connectivity index (χ1v) is 5.33. The van der Waals surface area contributed by atoms with Crippen LogP contribution in [0, 0.1) is 10.1 Å². The molecular weight excluding hydrogens is 256 g/mol. The van der Waals surface area contributed by atoms with Crippen molar-refractivity contribution in [3.8, 4) is 5.88 Å². The van der Waals surface area contributed by atoms with E-state index in [1.165, 1.54) is 18.2 Å². The topological polar surface area (TPSA) is 126 Å². The van der Waals surface area contributed by atoms with E-state index in [2.05, 4.69) is 9.72 Å². The summed E-state index contributed by atoms with van der Waals surface area (Å²) in [7, 11) is 0. The van der Waals surface area contributed by atoms with Crippen molar-refractivity contribution in [3.63, 3.8) is 0 Å². The predicted molar refractivity (Wildman–Crippen MR) is 64.4 cm³/mol. The number of nitrogens with zero attached hydrogens (tertiary/aromatic N) is 1. The Morgan fingerprint density at radius 2 is 2.21 bits per heavy atom. The number of aliphatic hydroxyl groups is 1. The van der Waals surface area contributed by atoms with Crippen molar-refractivity contribution >= 4 is 22.7 Å². The van der Waals surface area contributed by atoms with Crippen molar-refractivity contribution < 1.29 is 24.7 Å². The molecule has 0 saturated carbocycles. The van der Waals surface area contributed by atoms with Crippen LogP contribution in [0.15, 0.2) is 18.2 Å². The van der Waals surface area contributed by atoms with Gasteiger partial charge in [-0.05, 0) is 6.07 Å². The fourth-order valence-electron chi connectivity index (χ4n) is 1.86. The molecule has 1 aromatic carbocycles. The van der Waals surface area contributed by atoms with E-state index in [-0.39, 0.29) is 24.6 Å². The van der Waals surface area contributed by atoms with E-state index in [1.807, 2.05) is 0 Å². The number of hydrogen-bond donors (Lipinski definition) is 3. The summed E-state index contributed by atoms with van der Waals surface area (Å²) in [5.74, 6) is -0.0305. The molecule has 0 atom stereocenters. The van der Waals surface area contributed by atoms with Crippen LogP contribution < -0.4 is 4.74 Å². The highest BCUT2D eigenvalue weighted by Gasteiger charge is 2.17. The first-order valence-electron chi connectivity index (χ1n) is 5.33. The number of aliphatic hydroxyl groups excluding tert-OH is 1. The highest BCUT2D eigenvalue weighted by atomic mass is 16.7. The van der Waals surface area contributed by atoms with Crippen LogP contribution in [0.1, 0.15) is 5.56 Å². The van der Waals surface area contributed by atoms with Gasteiger partial charge in [-0.3, -0.25) is 10.1 Å². The summed E-state index contributed by atoms with van der Waals surface area (Å²) in [6.45, 7) is -0.231. The van der Waals surface area contributed by atoms with Gasteiger partial charge in [-0.2, -0.15) is 0 Å². The van der Waals surface area contributed by atoms with Gasteiger partial charge in [0.05, 0.1) is 4.92 Å². The van der Waals surface area contributed by atoms with Gasteiger partial charge in [-0.15, -0.1) is 0 Å². The Bertz CT molecular complexity index is 648. The summed E-state index contributed by atoms with van der Waals surface area (Å²) in [4.78, 5) is 23.4. The lowest BCUT2D eigenvalue weighted by Gasteiger charge is -2.00. The van der Waals surface area contributed by atoms with Gasteiger partial charge in [-0.25, -0.2) is 4.79 Å². The molecule has 3 N–H and O–H groups in total. The van der Waals surface area contributed by atoms with Gasteiger partial charge in [-0.1, -0.05) is 0 Å². The maximum atomic E-state index is 10.7. The first kappa shape index (κ1) is 12.8. The van der Waals surface area contributed by atoms with E-state index in [1.54, 1.807) is 0 Å². The van der Waals surface area contributed by atoms with Crippen LogP contribution >= 0.6 is 0 Å². The molecule has 19 heavy (non-hydrogen) atoms. The second kappa shape index (κ2) is 4.94. The highest BCUT2D eigenvalue weighted by Crippen LogP contribution is 2.31.